The van der Waals surface area contributed by atoms with Crippen LogP contribution in [0.15, 0.2) is 0 Å². The maximum absolute atomic E-state index is 3.10. The Balaban J connectivity index is 0. The Morgan fingerprint density at radius 1 is 1.20 bits per heavy atom. The van der Waals surface area contributed by atoms with Crippen molar-refractivity contribution < 1.29 is 0 Å². The third kappa shape index (κ3) is 15.7. The van der Waals surface area contributed by atoms with E-state index in [1.165, 1.54) is 13.0 Å². The lowest BCUT2D eigenvalue weighted by molar-refractivity contribution is 0.397. The monoisotopic (exact) mass is 146 g/mol. The summed E-state index contributed by atoms with van der Waals surface area (Å²) in [5.74, 6) is 0. The van der Waals surface area contributed by atoms with Crippen LogP contribution < -0.4 is 5.32 Å². The molecule has 0 heterocycles. The van der Waals surface area contributed by atoms with Crippen LogP contribution in [-0.4, -0.2) is 39.1 Å². The van der Waals surface area contributed by atoms with E-state index >= 15 is 0 Å². The first-order valence-electron chi connectivity index (χ1n) is 4.06. The minimum absolute atomic E-state index is 1.12. The highest BCUT2D eigenvalue weighted by Gasteiger charge is 1.85. The van der Waals surface area contributed by atoms with E-state index in [-0.39, 0.29) is 0 Å². The molecule has 0 fully saturated rings. The van der Waals surface area contributed by atoms with Gasteiger partial charge >= 0.3 is 0 Å². The van der Waals surface area contributed by atoms with Gasteiger partial charge in [0.2, 0.25) is 0 Å². The molecule has 64 valence electrons. The molecule has 0 atom stereocenters. The summed E-state index contributed by atoms with van der Waals surface area (Å²) in [6, 6.07) is 0. The van der Waals surface area contributed by atoms with E-state index in [0.29, 0.717) is 0 Å². The summed E-state index contributed by atoms with van der Waals surface area (Å²) in [6.07, 6.45) is 1.24. The van der Waals surface area contributed by atoms with Crippen LogP contribution in [0, 0.1) is 0 Å². The zero-order valence-corrected chi connectivity index (χ0v) is 8.07. The highest BCUT2D eigenvalue weighted by molar-refractivity contribution is 4.44. The molecule has 0 aromatic carbocycles. The van der Waals surface area contributed by atoms with Gasteiger partial charge < -0.3 is 10.2 Å². The summed E-state index contributed by atoms with van der Waals surface area (Å²) in [5.41, 5.74) is 0. The first-order chi connectivity index (χ1) is 4.77. The molecule has 2 nitrogen and oxygen atoms in total. The van der Waals surface area contributed by atoms with Gasteiger partial charge in [-0.15, -0.1) is 0 Å². The van der Waals surface area contributed by atoms with Gasteiger partial charge in [0.05, 0.1) is 0 Å². The molecule has 1 N–H and O–H groups in total. The van der Waals surface area contributed by atoms with Crippen molar-refractivity contribution in [3.8, 4) is 0 Å². The van der Waals surface area contributed by atoms with Crippen LogP contribution in [-0.2, 0) is 0 Å². The van der Waals surface area contributed by atoms with Crippen LogP contribution in [0.1, 0.15) is 20.3 Å². The Kier molecular flexibility index (Phi) is 14.7. The molecule has 0 unspecified atom stereocenters. The predicted molar refractivity (Wildman–Crippen MR) is 48.4 cm³/mol. The fourth-order valence-electron chi connectivity index (χ4n) is 0.572. The van der Waals surface area contributed by atoms with Gasteiger partial charge in [-0.2, -0.15) is 0 Å². The van der Waals surface area contributed by atoms with Gasteiger partial charge in [0.15, 0.2) is 0 Å². The molecule has 0 amide bonds. The summed E-state index contributed by atoms with van der Waals surface area (Å²) in [7, 11) is 6.17. The number of nitrogens with one attached hydrogen (secondary N) is 1. The first kappa shape index (κ1) is 12.6. The van der Waals surface area contributed by atoms with Gasteiger partial charge in [-0.1, -0.05) is 13.8 Å². The molecule has 0 saturated heterocycles. The second-order valence-electron chi connectivity index (χ2n) is 2.26. The molecule has 0 aliphatic rings. The van der Waals surface area contributed by atoms with Gasteiger partial charge in [0, 0.05) is 0 Å². The zero-order chi connectivity index (χ0) is 8.41. The summed E-state index contributed by atoms with van der Waals surface area (Å²) in [6.45, 7) is 6.30. The smallest absolute Gasteiger partial charge is 0.00127 e. The molecule has 0 rings (SSSR count). The Labute approximate surface area is 65.6 Å². The quantitative estimate of drug-likeness (QED) is 0.599. The van der Waals surface area contributed by atoms with Crippen LogP contribution in [0.2, 0.25) is 0 Å². The molecule has 0 aliphatic carbocycles. The molecule has 0 aromatic rings. The van der Waals surface area contributed by atoms with Gasteiger partial charge in [-0.3, -0.25) is 0 Å². The molecule has 0 aliphatic heterocycles. The summed E-state index contributed by atoms with van der Waals surface area (Å²) in [5, 5.41) is 3.10. The molecule has 0 aromatic heterocycles. The van der Waals surface area contributed by atoms with E-state index in [1.54, 1.807) is 0 Å². The SMILES string of the molecule is CC.CNCCCN(C)C. The highest BCUT2D eigenvalue weighted by atomic mass is 15.0. The Morgan fingerprint density at radius 2 is 1.70 bits per heavy atom. The molecule has 0 spiro atoms. The van der Waals surface area contributed by atoms with Crippen LogP contribution in [0.25, 0.3) is 0 Å². The average Bonchev–Trinajstić information content (AvgIpc) is 1.92. The van der Waals surface area contributed by atoms with Crippen molar-refractivity contribution in [3.63, 3.8) is 0 Å². The lowest BCUT2D eigenvalue weighted by Crippen LogP contribution is -2.18. The maximum Gasteiger partial charge on any atom is -0.00127 e. The number of hydrogen-bond acceptors (Lipinski definition) is 2. The molecule has 10 heavy (non-hydrogen) atoms. The van der Waals surface area contributed by atoms with Crippen LogP contribution in [0.4, 0.5) is 0 Å². The lowest BCUT2D eigenvalue weighted by atomic mass is 10.4. The highest BCUT2D eigenvalue weighted by Crippen LogP contribution is 1.78. The number of hydrogen-bond donors (Lipinski definition) is 1. The van der Waals surface area contributed by atoms with E-state index < -0.39 is 0 Å². The Bertz CT molecular complexity index is 44.5. The van der Waals surface area contributed by atoms with Crippen molar-refractivity contribution in [1.29, 1.82) is 0 Å². The van der Waals surface area contributed by atoms with Crippen LogP contribution in [0.3, 0.4) is 0 Å². The van der Waals surface area contributed by atoms with Crippen molar-refractivity contribution in [3.05, 3.63) is 0 Å². The number of nitrogens with zero attached hydrogens (tertiary/aromatic N) is 1. The molecule has 0 saturated carbocycles. The lowest BCUT2D eigenvalue weighted by Gasteiger charge is -2.07. The number of rotatable bonds is 4. The third-order valence-corrected chi connectivity index (χ3v) is 1.03. The molecule has 0 radical (unpaired) electrons. The molecule has 2 heteroatoms. The minimum atomic E-state index is 1.12. The van der Waals surface area contributed by atoms with E-state index in [1.807, 2.05) is 20.9 Å². The van der Waals surface area contributed by atoms with Crippen molar-refractivity contribution in [2.24, 2.45) is 0 Å². The van der Waals surface area contributed by atoms with Gasteiger partial charge in [0.25, 0.3) is 0 Å². The van der Waals surface area contributed by atoms with E-state index in [0.717, 1.165) is 6.54 Å². The van der Waals surface area contributed by atoms with E-state index in [2.05, 4.69) is 24.3 Å². The summed E-state index contributed by atoms with van der Waals surface area (Å²) >= 11 is 0. The second-order valence-corrected chi connectivity index (χ2v) is 2.26. The second kappa shape index (κ2) is 11.7. The zero-order valence-electron chi connectivity index (χ0n) is 8.07. The topological polar surface area (TPSA) is 15.3 Å². The van der Waals surface area contributed by atoms with Crippen LogP contribution in [0.5, 0.6) is 0 Å². The minimum Gasteiger partial charge on any atom is -0.320 e. The molecular weight excluding hydrogens is 124 g/mol. The van der Waals surface area contributed by atoms with E-state index in [9.17, 15) is 0 Å². The third-order valence-electron chi connectivity index (χ3n) is 1.03. The van der Waals surface area contributed by atoms with Crippen molar-refractivity contribution in [2.75, 3.05) is 34.2 Å². The Morgan fingerprint density at radius 3 is 2.00 bits per heavy atom. The fourth-order valence-corrected chi connectivity index (χ4v) is 0.572. The predicted octanol–water partition coefficient (Wildman–Crippen LogP) is 1.18. The molecular formula is C8H22N2. The summed E-state index contributed by atoms with van der Waals surface area (Å²) < 4.78 is 0. The van der Waals surface area contributed by atoms with Crippen molar-refractivity contribution >= 4 is 0 Å². The van der Waals surface area contributed by atoms with E-state index in [4.69, 9.17) is 0 Å². The van der Waals surface area contributed by atoms with Crippen LogP contribution >= 0.6 is 0 Å². The van der Waals surface area contributed by atoms with Crippen molar-refractivity contribution in [1.82, 2.24) is 10.2 Å². The van der Waals surface area contributed by atoms with Crippen molar-refractivity contribution in [2.45, 2.75) is 20.3 Å². The summed E-state index contributed by atoms with van der Waals surface area (Å²) in [4.78, 5) is 2.19. The standard InChI is InChI=1S/C6H16N2.C2H6/c1-7-5-4-6-8(2)3;1-2/h7H,4-6H2,1-3H3;1-2H3. The fraction of sp³-hybridized carbons (Fsp3) is 1.00. The molecule has 0 bridgehead atoms. The van der Waals surface area contributed by atoms with Gasteiger partial charge in [0.1, 0.15) is 0 Å². The van der Waals surface area contributed by atoms with Gasteiger partial charge in [-0.25, -0.2) is 0 Å². The maximum atomic E-state index is 3.10. The largest absolute Gasteiger partial charge is 0.320 e. The Hall–Kier alpha value is -0.0800. The van der Waals surface area contributed by atoms with Gasteiger partial charge in [-0.05, 0) is 40.7 Å². The average molecular weight is 146 g/mol. The first-order valence-corrected chi connectivity index (χ1v) is 4.06. The normalized spacial score (nSPS) is 9.00.